The van der Waals surface area contributed by atoms with Crippen molar-refractivity contribution in [3.63, 3.8) is 0 Å². The van der Waals surface area contributed by atoms with Crippen LogP contribution in [0.15, 0.2) is 24.3 Å². The molecule has 0 spiro atoms. The van der Waals surface area contributed by atoms with Gasteiger partial charge in [-0.3, -0.25) is 14.4 Å². The summed E-state index contributed by atoms with van der Waals surface area (Å²) in [5.41, 5.74) is 1.93. The second-order valence-electron chi connectivity index (χ2n) is 7.43. The molecule has 0 saturated carbocycles. The zero-order valence-corrected chi connectivity index (χ0v) is 16.1. The quantitative estimate of drug-likeness (QED) is 0.797. The van der Waals surface area contributed by atoms with Crippen LogP contribution in [0.5, 0.6) is 0 Å². The van der Waals surface area contributed by atoms with E-state index in [9.17, 15) is 14.4 Å². The molecule has 1 N–H and O–H groups in total. The van der Waals surface area contributed by atoms with Crippen LogP contribution in [-0.4, -0.2) is 81.7 Å². The van der Waals surface area contributed by atoms with Crippen molar-refractivity contribution >= 4 is 28.8 Å². The molecule has 2 saturated heterocycles. The van der Waals surface area contributed by atoms with E-state index in [2.05, 4.69) is 9.97 Å². The summed E-state index contributed by atoms with van der Waals surface area (Å²) in [7, 11) is 0. The Morgan fingerprint density at radius 2 is 1.89 bits per heavy atom. The molecule has 2 aliphatic rings. The first kappa shape index (κ1) is 18.5. The average molecular weight is 383 g/mol. The summed E-state index contributed by atoms with van der Waals surface area (Å²) in [6.07, 6.45) is 1.86. The summed E-state index contributed by atoms with van der Waals surface area (Å²) < 4.78 is 0. The number of imidazole rings is 1. The van der Waals surface area contributed by atoms with Gasteiger partial charge in [0.2, 0.25) is 5.91 Å². The summed E-state index contributed by atoms with van der Waals surface area (Å²) in [5, 5.41) is 0. The zero-order chi connectivity index (χ0) is 19.7. The number of aromatic nitrogens is 2. The van der Waals surface area contributed by atoms with E-state index in [-0.39, 0.29) is 18.4 Å². The van der Waals surface area contributed by atoms with Crippen molar-refractivity contribution in [1.82, 2.24) is 24.7 Å². The number of rotatable bonds is 4. The Morgan fingerprint density at radius 1 is 1.14 bits per heavy atom. The van der Waals surface area contributed by atoms with Crippen LogP contribution >= 0.6 is 0 Å². The second kappa shape index (κ2) is 7.61. The number of benzene rings is 1. The van der Waals surface area contributed by atoms with Gasteiger partial charge in [0.25, 0.3) is 0 Å². The largest absolute Gasteiger partial charge is 0.342 e. The monoisotopic (exact) mass is 383 g/mol. The van der Waals surface area contributed by atoms with Gasteiger partial charge >= 0.3 is 11.8 Å². The lowest BCUT2D eigenvalue weighted by molar-refractivity contribution is -0.157. The number of carbonyl (C=O) groups excluding carboxylic acids is 3. The maximum absolute atomic E-state index is 12.8. The maximum Gasteiger partial charge on any atom is 0.312 e. The number of likely N-dealkylation sites (tertiary alicyclic amines) is 1. The van der Waals surface area contributed by atoms with Crippen molar-refractivity contribution in [1.29, 1.82) is 0 Å². The fraction of sp³-hybridized carbons (Fsp3) is 0.500. The van der Waals surface area contributed by atoms with Gasteiger partial charge in [-0.1, -0.05) is 12.1 Å². The first-order chi connectivity index (χ1) is 13.6. The molecule has 2 aromatic rings. The molecule has 8 heteroatoms. The van der Waals surface area contributed by atoms with Crippen molar-refractivity contribution in [3.8, 4) is 0 Å². The van der Waals surface area contributed by atoms with E-state index in [4.69, 9.17) is 0 Å². The molecule has 148 valence electrons. The molecular formula is C20H25N5O3. The molecule has 28 heavy (non-hydrogen) atoms. The zero-order valence-electron chi connectivity index (χ0n) is 16.1. The normalized spacial score (nSPS) is 20.9. The molecule has 2 aliphatic heterocycles. The molecule has 0 bridgehead atoms. The molecule has 1 aromatic carbocycles. The highest BCUT2D eigenvalue weighted by Gasteiger charge is 2.34. The van der Waals surface area contributed by atoms with Gasteiger partial charge in [-0.05, 0) is 31.9 Å². The third-order valence-corrected chi connectivity index (χ3v) is 5.67. The number of nitrogens with zero attached hydrogens (tertiary/aromatic N) is 4. The van der Waals surface area contributed by atoms with E-state index in [0.29, 0.717) is 32.7 Å². The third kappa shape index (κ3) is 3.46. The lowest BCUT2D eigenvalue weighted by Gasteiger charge is -2.36. The van der Waals surface area contributed by atoms with Gasteiger partial charge in [0.15, 0.2) is 0 Å². The van der Waals surface area contributed by atoms with Gasteiger partial charge in [0, 0.05) is 38.6 Å². The number of hydrogen-bond donors (Lipinski definition) is 1. The van der Waals surface area contributed by atoms with Crippen molar-refractivity contribution in [2.75, 3.05) is 39.3 Å². The molecule has 1 atom stereocenters. The summed E-state index contributed by atoms with van der Waals surface area (Å²) in [5.74, 6) is -0.138. The van der Waals surface area contributed by atoms with Gasteiger partial charge in [-0.15, -0.1) is 0 Å². The minimum atomic E-state index is -0.577. The van der Waals surface area contributed by atoms with Crippen molar-refractivity contribution in [2.24, 2.45) is 0 Å². The number of para-hydroxylation sites is 2. The smallest absolute Gasteiger partial charge is 0.312 e. The highest BCUT2D eigenvalue weighted by Crippen LogP contribution is 2.27. The predicted molar refractivity (Wildman–Crippen MR) is 103 cm³/mol. The Bertz CT molecular complexity index is 875. The van der Waals surface area contributed by atoms with Gasteiger partial charge in [0.05, 0.1) is 11.0 Å². The van der Waals surface area contributed by atoms with E-state index >= 15 is 0 Å². The fourth-order valence-corrected chi connectivity index (χ4v) is 4.02. The number of piperidine rings is 1. The summed E-state index contributed by atoms with van der Waals surface area (Å²) in [4.78, 5) is 49.8. The molecular weight excluding hydrogens is 358 g/mol. The van der Waals surface area contributed by atoms with Crippen molar-refractivity contribution in [2.45, 2.75) is 25.7 Å². The first-order valence-corrected chi connectivity index (χ1v) is 9.87. The molecule has 3 heterocycles. The summed E-state index contributed by atoms with van der Waals surface area (Å²) in [6.45, 7) is 4.47. The van der Waals surface area contributed by atoms with Crippen LogP contribution in [0, 0.1) is 0 Å². The predicted octanol–water partition coefficient (Wildman–Crippen LogP) is 0.960. The molecule has 0 radical (unpaired) electrons. The van der Waals surface area contributed by atoms with Crippen LogP contribution in [0.3, 0.4) is 0 Å². The Morgan fingerprint density at radius 3 is 2.68 bits per heavy atom. The SMILES string of the molecule is CCN1CCN(CC(=O)N2CCCC(c3nc4ccccc4[nH]3)C2)C(=O)C1=O. The van der Waals surface area contributed by atoms with Crippen LogP contribution in [0.2, 0.25) is 0 Å². The molecule has 1 aromatic heterocycles. The van der Waals surface area contributed by atoms with Gasteiger partial charge in [0.1, 0.15) is 12.4 Å². The van der Waals surface area contributed by atoms with E-state index < -0.39 is 11.8 Å². The lowest BCUT2D eigenvalue weighted by Crippen LogP contribution is -2.56. The first-order valence-electron chi connectivity index (χ1n) is 9.87. The highest BCUT2D eigenvalue weighted by molar-refractivity contribution is 6.35. The number of H-pyrrole nitrogens is 1. The molecule has 0 aliphatic carbocycles. The number of fused-ring (bicyclic) bond motifs is 1. The number of carbonyl (C=O) groups is 3. The van der Waals surface area contributed by atoms with E-state index in [1.54, 1.807) is 4.90 Å². The van der Waals surface area contributed by atoms with Crippen LogP contribution in [0.25, 0.3) is 11.0 Å². The maximum atomic E-state index is 12.8. The molecule has 8 nitrogen and oxygen atoms in total. The molecule has 2 fully saturated rings. The van der Waals surface area contributed by atoms with Gasteiger partial charge in [-0.2, -0.15) is 0 Å². The standard InChI is InChI=1S/C20H25N5O3/c1-2-23-10-11-25(20(28)19(23)27)13-17(26)24-9-5-6-14(12-24)18-21-15-7-3-4-8-16(15)22-18/h3-4,7-8,14H,2,5-6,9-13H2,1H3,(H,21,22). The van der Waals surface area contributed by atoms with Crippen LogP contribution in [0.1, 0.15) is 31.5 Å². The minimum absolute atomic E-state index is 0.0328. The second-order valence-corrected chi connectivity index (χ2v) is 7.43. The van der Waals surface area contributed by atoms with Crippen LogP contribution < -0.4 is 0 Å². The Balaban J connectivity index is 1.41. The summed E-state index contributed by atoms with van der Waals surface area (Å²) in [6, 6.07) is 7.90. The van der Waals surface area contributed by atoms with E-state index in [0.717, 1.165) is 29.7 Å². The average Bonchev–Trinajstić information content (AvgIpc) is 3.16. The molecule has 3 amide bonds. The van der Waals surface area contributed by atoms with Crippen molar-refractivity contribution in [3.05, 3.63) is 30.1 Å². The van der Waals surface area contributed by atoms with Crippen LogP contribution in [0.4, 0.5) is 0 Å². The Kier molecular flexibility index (Phi) is 5.02. The number of hydrogen-bond acceptors (Lipinski definition) is 4. The van der Waals surface area contributed by atoms with Gasteiger partial charge in [-0.25, -0.2) is 4.98 Å². The van der Waals surface area contributed by atoms with E-state index in [1.165, 1.54) is 9.80 Å². The number of amides is 3. The number of piperazine rings is 1. The number of nitrogens with one attached hydrogen (secondary N) is 1. The van der Waals surface area contributed by atoms with Crippen LogP contribution in [-0.2, 0) is 14.4 Å². The number of aromatic amines is 1. The topological polar surface area (TPSA) is 89.6 Å². The Hall–Kier alpha value is -2.90. The highest BCUT2D eigenvalue weighted by atomic mass is 16.2. The molecule has 4 rings (SSSR count). The lowest BCUT2D eigenvalue weighted by atomic mass is 9.97. The Labute approximate surface area is 163 Å². The number of likely N-dealkylation sites (N-methyl/N-ethyl adjacent to an activating group) is 1. The third-order valence-electron chi connectivity index (χ3n) is 5.67. The molecule has 1 unspecified atom stereocenters. The van der Waals surface area contributed by atoms with E-state index in [1.807, 2.05) is 31.2 Å². The summed E-state index contributed by atoms with van der Waals surface area (Å²) >= 11 is 0. The van der Waals surface area contributed by atoms with Crippen molar-refractivity contribution < 1.29 is 14.4 Å². The minimum Gasteiger partial charge on any atom is -0.342 e. The van der Waals surface area contributed by atoms with Gasteiger partial charge < -0.3 is 19.7 Å². The fourth-order valence-electron chi connectivity index (χ4n) is 4.02.